The Bertz CT molecular complexity index is 823. The summed E-state index contributed by atoms with van der Waals surface area (Å²) in [4.78, 5) is 26.2. The molecule has 110 valence electrons. The fourth-order valence-electron chi connectivity index (χ4n) is 3.20. The molecule has 3 heterocycles. The smallest absolute Gasteiger partial charge is 0.270 e. The third-order valence-corrected chi connectivity index (χ3v) is 4.36. The highest BCUT2D eigenvalue weighted by Gasteiger charge is 2.22. The molecular weight excluding hydrogens is 276 g/mol. The minimum Gasteiger partial charge on any atom is -0.341 e. The van der Waals surface area contributed by atoms with E-state index in [0.717, 1.165) is 42.5 Å². The molecule has 1 amide bonds. The molecule has 0 saturated carbocycles. The maximum absolute atomic E-state index is 11.3. The first-order valence-electron chi connectivity index (χ1n) is 7.56. The first kappa shape index (κ1) is 13.1. The van der Waals surface area contributed by atoms with Gasteiger partial charge >= 0.3 is 0 Å². The highest BCUT2D eigenvalue weighted by atomic mass is 16.1. The number of benzene rings is 1. The summed E-state index contributed by atoms with van der Waals surface area (Å²) in [6.45, 7) is 1.91. The lowest BCUT2D eigenvalue weighted by molar-refractivity contribution is -0.112. The van der Waals surface area contributed by atoms with Crippen LogP contribution in [0.2, 0.25) is 0 Å². The lowest BCUT2D eigenvalue weighted by Crippen LogP contribution is -2.34. The molecule has 0 unspecified atom stereocenters. The molecule has 1 aromatic carbocycles. The molecule has 1 saturated heterocycles. The summed E-state index contributed by atoms with van der Waals surface area (Å²) >= 11 is 0. The topological polar surface area (TPSA) is 58.5 Å². The number of anilines is 1. The van der Waals surface area contributed by atoms with Crippen molar-refractivity contribution in [2.45, 2.75) is 18.8 Å². The summed E-state index contributed by atoms with van der Waals surface area (Å²) in [5, 5.41) is 1.75. The van der Waals surface area contributed by atoms with Crippen LogP contribution in [-0.2, 0) is 4.79 Å². The first-order chi connectivity index (χ1) is 10.8. The molecule has 2 aromatic rings. The van der Waals surface area contributed by atoms with Crippen molar-refractivity contribution in [2.75, 3.05) is 18.0 Å². The van der Waals surface area contributed by atoms with E-state index in [-0.39, 0.29) is 5.91 Å². The van der Waals surface area contributed by atoms with Crippen molar-refractivity contribution in [2.24, 2.45) is 4.99 Å². The molecule has 0 bridgehead atoms. The Labute approximate surface area is 128 Å². The first-order valence-corrected chi connectivity index (χ1v) is 7.56. The van der Waals surface area contributed by atoms with Crippen LogP contribution < -0.4 is 15.5 Å². The van der Waals surface area contributed by atoms with Crippen molar-refractivity contribution in [3.05, 3.63) is 52.8 Å². The van der Waals surface area contributed by atoms with Crippen LogP contribution in [0.25, 0.3) is 6.08 Å². The van der Waals surface area contributed by atoms with Crippen LogP contribution in [0.5, 0.6) is 0 Å². The molecule has 1 fully saturated rings. The second kappa shape index (κ2) is 5.33. The van der Waals surface area contributed by atoms with Gasteiger partial charge in [0.05, 0.1) is 5.36 Å². The van der Waals surface area contributed by atoms with E-state index in [9.17, 15) is 4.79 Å². The molecule has 0 aliphatic carbocycles. The summed E-state index contributed by atoms with van der Waals surface area (Å²) < 4.78 is 0. The minimum atomic E-state index is -0.150. The average Bonchev–Trinajstić information content (AvgIpc) is 2.95. The number of fused-ring (bicyclic) bond motifs is 1. The van der Waals surface area contributed by atoms with Crippen molar-refractivity contribution in [3.63, 3.8) is 0 Å². The number of piperidine rings is 1. The van der Waals surface area contributed by atoms with Crippen molar-refractivity contribution in [3.8, 4) is 0 Å². The summed E-state index contributed by atoms with van der Waals surface area (Å²) in [5.41, 5.74) is 1.30. The van der Waals surface area contributed by atoms with E-state index >= 15 is 0 Å². The van der Waals surface area contributed by atoms with Crippen LogP contribution in [-0.4, -0.2) is 29.0 Å². The van der Waals surface area contributed by atoms with Gasteiger partial charge in [0, 0.05) is 36.8 Å². The Hall–Kier alpha value is -2.56. The monoisotopic (exact) mass is 292 g/mol. The number of hydrogen-bond donors (Lipinski definition) is 0. The molecule has 2 aliphatic rings. The molecule has 2 aliphatic heterocycles. The Morgan fingerprint density at radius 2 is 1.86 bits per heavy atom. The zero-order chi connectivity index (χ0) is 14.9. The highest BCUT2D eigenvalue weighted by Crippen LogP contribution is 2.28. The fourth-order valence-corrected chi connectivity index (χ4v) is 3.20. The second-order valence-corrected chi connectivity index (χ2v) is 5.72. The van der Waals surface area contributed by atoms with Gasteiger partial charge < -0.3 is 4.90 Å². The van der Waals surface area contributed by atoms with Gasteiger partial charge in [-0.15, -0.1) is 0 Å². The SMILES string of the molecule is O=C1C=c2cc(C3CCN(c4ncccn4)CC3)ccc2=N1. The van der Waals surface area contributed by atoms with Gasteiger partial charge in [-0.2, -0.15) is 0 Å². The quantitative estimate of drug-likeness (QED) is 0.821. The Morgan fingerprint density at radius 3 is 2.64 bits per heavy atom. The van der Waals surface area contributed by atoms with Crippen LogP contribution in [0.1, 0.15) is 24.3 Å². The molecule has 0 atom stereocenters. The summed E-state index contributed by atoms with van der Waals surface area (Å²) in [6, 6.07) is 8.01. The van der Waals surface area contributed by atoms with E-state index in [1.807, 2.05) is 12.1 Å². The van der Waals surface area contributed by atoms with E-state index in [0.29, 0.717) is 5.92 Å². The maximum atomic E-state index is 11.3. The molecule has 1 aromatic heterocycles. The average molecular weight is 292 g/mol. The molecule has 4 rings (SSSR count). The molecule has 22 heavy (non-hydrogen) atoms. The van der Waals surface area contributed by atoms with Crippen LogP contribution in [0, 0.1) is 0 Å². The van der Waals surface area contributed by atoms with Crippen molar-refractivity contribution >= 4 is 17.9 Å². The number of nitrogens with zero attached hydrogens (tertiary/aromatic N) is 4. The van der Waals surface area contributed by atoms with Gasteiger partial charge in [0.15, 0.2) is 0 Å². The van der Waals surface area contributed by atoms with Gasteiger partial charge in [0.25, 0.3) is 5.91 Å². The fraction of sp³-hybridized carbons (Fsp3) is 0.294. The maximum Gasteiger partial charge on any atom is 0.270 e. The second-order valence-electron chi connectivity index (χ2n) is 5.72. The predicted octanol–water partition coefficient (Wildman–Crippen LogP) is 0.801. The summed E-state index contributed by atoms with van der Waals surface area (Å²) in [7, 11) is 0. The van der Waals surface area contributed by atoms with Gasteiger partial charge in [-0.3, -0.25) is 4.79 Å². The molecule has 5 nitrogen and oxygen atoms in total. The normalized spacial score (nSPS) is 17.8. The Kier molecular flexibility index (Phi) is 3.18. The zero-order valence-electron chi connectivity index (χ0n) is 12.1. The Balaban J connectivity index is 1.51. The van der Waals surface area contributed by atoms with Gasteiger partial charge in [-0.25, -0.2) is 15.0 Å². The molecule has 0 radical (unpaired) electrons. The van der Waals surface area contributed by atoms with Crippen molar-refractivity contribution in [1.82, 2.24) is 9.97 Å². The number of amides is 1. The molecule has 0 spiro atoms. The lowest BCUT2D eigenvalue weighted by atomic mass is 9.89. The van der Waals surface area contributed by atoms with E-state index in [1.165, 1.54) is 5.56 Å². The van der Waals surface area contributed by atoms with Crippen LogP contribution in [0.15, 0.2) is 41.7 Å². The standard InChI is InChI=1S/C17H16N4O/c22-16-11-14-10-13(2-3-15(14)20-16)12-4-8-21(9-5-12)17-18-6-1-7-19-17/h1-3,6-7,10-12H,4-5,8-9H2. The summed E-state index contributed by atoms with van der Waals surface area (Å²) in [6.07, 6.45) is 7.33. The van der Waals surface area contributed by atoms with Crippen LogP contribution in [0.4, 0.5) is 5.95 Å². The largest absolute Gasteiger partial charge is 0.341 e. The number of aromatic nitrogens is 2. The summed E-state index contributed by atoms with van der Waals surface area (Å²) in [5.74, 6) is 1.19. The van der Waals surface area contributed by atoms with Gasteiger partial charge in [-0.1, -0.05) is 6.07 Å². The predicted molar refractivity (Wildman–Crippen MR) is 82.9 cm³/mol. The van der Waals surface area contributed by atoms with E-state index in [2.05, 4.69) is 32.0 Å². The van der Waals surface area contributed by atoms with Crippen molar-refractivity contribution < 1.29 is 4.79 Å². The zero-order valence-corrected chi connectivity index (χ0v) is 12.1. The Morgan fingerprint density at radius 1 is 1.09 bits per heavy atom. The van der Waals surface area contributed by atoms with Gasteiger partial charge in [-0.05, 0) is 42.5 Å². The van der Waals surface area contributed by atoms with E-state index in [4.69, 9.17) is 0 Å². The van der Waals surface area contributed by atoms with Crippen LogP contribution in [0.3, 0.4) is 0 Å². The highest BCUT2D eigenvalue weighted by molar-refractivity contribution is 6.06. The number of carbonyl (C=O) groups excluding carboxylic acids is 1. The van der Waals surface area contributed by atoms with Gasteiger partial charge in [0.1, 0.15) is 0 Å². The number of hydrogen-bond acceptors (Lipinski definition) is 4. The lowest BCUT2D eigenvalue weighted by Gasteiger charge is -2.32. The molecular formula is C17H16N4O. The van der Waals surface area contributed by atoms with E-state index in [1.54, 1.807) is 18.5 Å². The van der Waals surface area contributed by atoms with Crippen LogP contribution >= 0.6 is 0 Å². The molecule has 5 heteroatoms. The van der Waals surface area contributed by atoms with E-state index < -0.39 is 0 Å². The minimum absolute atomic E-state index is 0.150. The molecule has 0 N–H and O–H groups in total. The third-order valence-electron chi connectivity index (χ3n) is 4.36. The van der Waals surface area contributed by atoms with Crippen molar-refractivity contribution in [1.29, 1.82) is 0 Å². The van der Waals surface area contributed by atoms with Gasteiger partial charge in [0.2, 0.25) is 5.95 Å². The third kappa shape index (κ3) is 2.39. The number of rotatable bonds is 2. The number of carbonyl (C=O) groups is 1.